The molecule has 0 aromatic carbocycles. The van der Waals surface area contributed by atoms with Crippen LogP contribution in [0, 0.1) is 17.8 Å². The fraction of sp³-hybridized carbons (Fsp3) is 0.0833. The van der Waals surface area contributed by atoms with Crippen LogP contribution in [-0.2, 0) is 0 Å². The van der Waals surface area contributed by atoms with Gasteiger partial charge in [-0.3, -0.25) is 0 Å². The van der Waals surface area contributed by atoms with Crippen LogP contribution in [0.2, 0.25) is 0 Å². The highest BCUT2D eigenvalue weighted by Gasteiger charge is 1.96. The molecule has 1 aromatic rings. The van der Waals surface area contributed by atoms with Gasteiger partial charge in [-0.25, -0.2) is 4.98 Å². The highest BCUT2D eigenvalue weighted by atomic mass is 14.6. The van der Waals surface area contributed by atoms with Crippen LogP contribution in [0.1, 0.15) is 5.69 Å². The van der Waals surface area contributed by atoms with Crippen molar-refractivity contribution in [3.05, 3.63) is 54.4 Å². The minimum Gasteiger partial charge on any atom is -0.248 e. The molecule has 0 aliphatic heterocycles. The maximum absolute atomic E-state index is 4.12. The van der Waals surface area contributed by atoms with Crippen LogP contribution < -0.4 is 0 Å². The van der Waals surface area contributed by atoms with E-state index in [1.807, 2.05) is 30.4 Å². The number of aromatic nitrogens is 1. The summed E-state index contributed by atoms with van der Waals surface area (Å²) in [5, 5.41) is 0. The minimum absolute atomic E-state index is 0.266. The first-order chi connectivity index (χ1) is 6.45. The monoisotopic (exact) mass is 167 g/mol. The van der Waals surface area contributed by atoms with Crippen molar-refractivity contribution in [2.24, 2.45) is 5.92 Å². The maximum atomic E-state index is 4.12. The lowest BCUT2D eigenvalue weighted by atomic mass is 10.2. The molecule has 0 spiro atoms. The van der Waals surface area contributed by atoms with Gasteiger partial charge in [0.15, 0.2) is 0 Å². The second kappa shape index (κ2) is 3.73. The van der Waals surface area contributed by atoms with E-state index < -0.39 is 0 Å². The second-order valence-corrected chi connectivity index (χ2v) is 2.78. The van der Waals surface area contributed by atoms with Gasteiger partial charge in [-0.15, -0.1) is 0 Å². The Balaban J connectivity index is 2.13. The molecule has 0 atom stereocenters. The van der Waals surface area contributed by atoms with Crippen LogP contribution in [0.4, 0.5) is 0 Å². The van der Waals surface area contributed by atoms with E-state index >= 15 is 0 Å². The molecule has 0 saturated heterocycles. The predicted molar refractivity (Wildman–Crippen MR) is 52.9 cm³/mol. The number of allylic oxidation sites excluding steroid dienone is 4. The van der Waals surface area contributed by atoms with Crippen molar-refractivity contribution in [2.45, 2.75) is 0 Å². The van der Waals surface area contributed by atoms with Gasteiger partial charge in [0.25, 0.3) is 0 Å². The highest BCUT2D eigenvalue weighted by Crippen LogP contribution is 2.06. The van der Waals surface area contributed by atoms with Crippen molar-refractivity contribution < 1.29 is 0 Å². The summed E-state index contributed by atoms with van der Waals surface area (Å²) in [7, 11) is 0. The molecule has 0 saturated carbocycles. The van der Waals surface area contributed by atoms with Gasteiger partial charge in [-0.05, 0) is 18.1 Å². The molecule has 1 nitrogen and oxygen atoms in total. The molecule has 0 fully saturated rings. The Morgan fingerprint density at radius 1 is 1.15 bits per heavy atom. The topological polar surface area (TPSA) is 12.9 Å². The summed E-state index contributed by atoms with van der Waals surface area (Å²) in [5.74, 6) is 6.40. The van der Waals surface area contributed by atoms with Crippen molar-refractivity contribution in [1.82, 2.24) is 4.98 Å². The van der Waals surface area contributed by atoms with E-state index in [9.17, 15) is 0 Å². The van der Waals surface area contributed by atoms with Gasteiger partial charge >= 0.3 is 0 Å². The first kappa shape index (κ1) is 7.82. The summed E-state index contributed by atoms with van der Waals surface area (Å²) >= 11 is 0. The quantitative estimate of drug-likeness (QED) is 0.540. The summed E-state index contributed by atoms with van der Waals surface area (Å²) in [6, 6.07) is 5.74. The Kier molecular flexibility index (Phi) is 2.24. The van der Waals surface area contributed by atoms with E-state index in [4.69, 9.17) is 0 Å². The Morgan fingerprint density at radius 3 is 2.69 bits per heavy atom. The fourth-order valence-corrected chi connectivity index (χ4v) is 1.12. The average molecular weight is 167 g/mol. The zero-order valence-corrected chi connectivity index (χ0v) is 7.14. The number of pyridine rings is 1. The summed E-state index contributed by atoms with van der Waals surface area (Å²) in [6.45, 7) is 0. The standard InChI is InChI=1S/C12H9N/c1-2-6-11(5-1)8-9-12-7-3-4-10-13-12/h1-7,10-11H. The van der Waals surface area contributed by atoms with Crippen molar-refractivity contribution in [1.29, 1.82) is 0 Å². The number of rotatable bonds is 0. The zero-order chi connectivity index (χ0) is 8.93. The molecule has 62 valence electrons. The van der Waals surface area contributed by atoms with Gasteiger partial charge in [0, 0.05) is 6.20 Å². The predicted octanol–water partition coefficient (Wildman–Crippen LogP) is 2.18. The van der Waals surface area contributed by atoms with Crippen LogP contribution in [0.3, 0.4) is 0 Å². The molecule has 0 bridgehead atoms. The molecule has 0 unspecified atom stereocenters. The van der Waals surface area contributed by atoms with E-state index in [2.05, 4.69) is 29.0 Å². The molecular formula is C12H9N. The molecule has 1 heterocycles. The molecular weight excluding hydrogens is 158 g/mol. The zero-order valence-electron chi connectivity index (χ0n) is 7.14. The fourth-order valence-electron chi connectivity index (χ4n) is 1.12. The molecule has 1 aliphatic carbocycles. The number of hydrogen-bond donors (Lipinski definition) is 0. The number of nitrogens with zero attached hydrogens (tertiary/aromatic N) is 1. The van der Waals surface area contributed by atoms with E-state index in [0.29, 0.717) is 0 Å². The Labute approximate surface area is 77.8 Å². The first-order valence-electron chi connectivity index (χ1n) is 4.23. The summed E-state index contributed by atoms with van der Waals surface area (Å²) in [5.41, 5.74) is 0.830. The van der Waals surface area contributed by atoms with Gasteiger partial charge in [-0.2, -0.15) is 0 Å². The molecule has 0 N–H and O–H groups in total. The first-order valence-corrected chi connectivity index (χ1v) is 4.23. The second-order valence-electron chi connectivity index (χ2n) is 2.78. The summed E-state index contributed by atoms with van der Waals surface area (Å²) in [4.78, 5) is 4.12. The van der Waals surface area contributed by atoms with Crippen LogP contribution in [0.15, 0.2) is 48.7 Å². The minimum atomic E-state index is 0.266. The third-order valence-corrected chi connectivity index (χ3v) is 1.78. The van der Waals surface area contributed by atoms with Crippen molar-refractivity contribution in [3.8, 4) is 11.8 Å². The molecule has 13 heavy (non-hydrogen) atoms. The van der Waals surface area contributed by atoms with Gasteiger partial charge in [-0.1, -0.05) is 36.3 Å². The molecule has 0 amide bonds. The van der Waals surface area contributed by atoms with Crippen molar-refractivity contribution in [2.75, 3.05) is 0 Å². The Morgan fingerprint density at radius 2 is 2.00 bits per heavy atom. The molecule has 1 aliphatic rings. The van der Waals surface area contributed by atoms with E-state index in [-0.39, 0.29) is 5.92 Å². The maximum Gasteiger partial charge on any atom is 0.113 e. The van der Waals surface area contributed by atoms with E-state index in [0.717, 1.165) is 5.69 Å². The largest absolute Gasteiger partial charge is 0.248 e. The van der Waals surface area contributed by atoms with Crippen LogP contribution >= 0.6 is 0 Å². The van der Waals surface area contributed by atoms with Crippen LogP contribution in [0.5, 0.6) is 0 Å². The van der Waals surface area contributed by atoms with Gasteiger partial charge < -0.3 is 0 Å². The lowest BCUT2D eigenvalue weighted by molar-refractivity contribution is 1.14. The summed E-state index contributed by atoms with van der Waals surface area (Å²) < 4.78 is 0. The van der Waals surface area contributed by atoms with Gasteiger partial charge in [0.1, 0.15) is 5.69 Å². The normalized spacial score (nSPS) is 14.2. The highest BCUT2D eigenvalue weighted by molar-refractivity contribution is 5.33. The SMILES string of the molecule is C(#CC1C=CC=C1)c1ccccn1. The molecule has 2 rings (SSSR count). The van der Waals surface area contributed by atoms with Gasteiger partial charge in [0.2, 0.25) is 0 Å². The van der Waals surface area contributed by atoms with Crippen LogP contribution in [-0.4, -0.2) is 4.98 Å². The molecule has 0 radical (unpaired) electrons. The van der Waals surface area contributed by atoms with Crippen molar-refractivity contribution >= 4 is 0 Å². The number of hydrogen-bond acceptors (Lipinski definition) is 1. The smallest absolute Gasteiger partial charge is 0.113 e. The average Bonchev–Trinajstić information content (AvgIpc) is 2.69. The van der Waals surface area contributed by atoms with E-state index in [1.165, 1.54) is 0 Å². The lowest BCUT2D eigenvalue weighted by Gasteiger charge is -1.90. The third-order valence-electron chi connectivity index (χ3n) is 1.78. The molecule has 1 heteroatoms. The molecule has 1 aromatic heterocycles. The van der Waals surface area contributed by atoms with Crippen molar-refractivity contribution in [3.63, 3.8) is 0 Å². The van der Waals surface area contributed by atoms with E-state index in [1.54, 1.807) is 6.20 Å². The Bertz CT molecular complexity index is 378. The lowest BCUT2D eigenvalue weighted by Crippen LogP contribution is -1.83. The van der Waals surface area contributed by atoms with Crippen LogP contribution in [0.25, 0.3) is 0 Å². The summed E-state index contributed by atoms with van der Waals surface area (Å²) in [6.07, 6.45) is 9.91. The third kappa shape index (κ3) is 2.07. The Hall–Kier alpha value is -1.81. The van der Waals surface area contributed by atoms with Gasteiger partial charge in [0.05, 0.1) is 5.92 Å².